The van der Waals surface area contributed by atoms with Gasteiger partial charge in [0, 0.05) is 17.9 Å². The molecule has 0 fully saturated rings. The number of hydrogen-bond donors (Lipinski definition) is 0. The number of aromatic nitrogens is 1. The normalized spacial score (nSPS) is 10.4. The van der Waals surface area contributed by atoms with Gasteiger partial charge in [-0.15, -0.1) is 0 Å². The number of benzene rings is 1. The van der Waals surface area contributed by atoms with Crippen molar-refractivity contribution in [2.75, 3.05) is 4.90 Å². The molecule has 2 rings (SSSR count). The Bertz CT molecular complexity index is 384. The highest BCUT2D eigenvalue weighted by Crippen LogP contribution is 2.26. The standard InChI is InChI=1S/C14H16N2/c1-12(2)16(13-7-4-3-5-8-13)14-9-6-10-15-11-14/h3-12H,1-2H3. The molecule has 0 amide bonds. The predicted molar refractivity (Wildman–Crippen MR) is 68.0 cm³/mol. The summed E-state index contributed by atoms with van der Waals surface area (Å²) in [6, 6.07) is 14.8. The van der Waals surface area contributed by atoms with E-state index >= 15 is 0 Å². The monoisotopic (exact) mass is 212 g/mol. The summed E-state index contributed by atoms with van der Waals surface area (Å²) in [5.41, 5.74) is 2.33. The van der Waals surface area contributed by atoms with Gasteiger partial charge in [0.15, 0.2) is 0 Å². The number of anilines is 2. The Balaban J connectivity index is 2.40. The molecule has 1 aromatic heterocycles. The van der Waals surface area contributed by atoms with Crippen molar-refractivity contribution < 1.29 is 0 Å². The first-order chi connectivity index (χ1) is 7.79. The van der Waals surface area contributed by atoms with Gasteiger partial charge in [0.1, 0.15) is 0 Å². The third-order valence-corrected chi connectivity index (χ3v) is 2.47. The van der Waals surface area contributed by atoms with E-state index in [0.717, 1.165) is 5.69 Å². The minimum Gasteiger partial charge on any atom is -0.338 e. The molecular weight excluding hydrogens is 196 g/mol. The summed E-state index contributed by atoms with van der Waals surface area (Å²) in [6.45, 7) is 4.36. The van der Waals surface area contributed by atoms with Crippen molar-refractivity contribution in [1.82, 2.24) is 4.98 Å². The van der Waals surface area contributed by atoms with Crippen molar-refractivity contribution in [3.8, 4) is 0 Å². The van der Waals surface area contributed by atoms with Crippen LogP contribution >= 0.6 is 0 Å². The zero-order valence-electron chi connectivity index (χ0n) is 9.67. The van der Waals surface area contributed by atoms with Gasteiger partial charge >= 0.3 is 0 Å². The highest BCUT2D eigenvalue weighted by Gasteiger charge is 2.11. The molecule has 0 radical (unpaired) electrons. The van der Waals surface area contributed by atoms with Crippen LogP contribution in [0, 0.1) is 0 Å². The topological polar surface area (TPSA) is 16.1 Å². The van der Waals surface area contributed by atoms with Crippen LogP contribution in [0.4, 0.5) is 11.4 Å². The summed E-state index contributed by atoms with van der Waals surface area (Å²) in [5, 5.41) is 0. The van der Waals surface area contributed by atoms with Crippen LogP contribution in [0.3, 0.4) is 0 Å². The zero-order valence-corrected chi connectivity index (χ0v) is 9.67. The number of nitrogens with zero attached hydrogens (tertiary/aromatic N) is 2. The van der Waals surface area contributed by atoms with Gasteiger partial charge in [-0.1, -0.05) is 18.2 Å². The molecule has 0 spiro atoms. The molecule has 0 aliphatic heterocycles. The third-order valence-electron chi connectivity index (χ3n) is 2.47. The highest BCUT2D eigenvalue weighted by atomic mass is 15.2. The number of hydrogen-bond acceptors (Lipinski definition) is 2. The molecule has 0 saturated carbocycles. The fourth-order valence-corrected chi connectivity index (χ4v) is 1.83. The van der Waals surface area contributed by atoms with Crippen LogP contribution in [0.1, 0.15) is 13.8 Å². The van der Waals surface area contributed by atoms with Crippen LogP contribution in [0.5, 0.6) is 0 Å². The van der Waals surface area contributed by atoms with Gasteiger partial charge in [0.05, 0.1) is 11.9 Å². The van der Waals surface area contributed by atoms with Gasteiger partial charge in [-0.05, 0) is 38.1 Å². The number of para-hydroxylation sites is 1. The lowest BCUT2D eigenvalue weighted by Gasteiger charge is -2.28. The van der Waals surface area contributed by atoms with Gasteiger partial charge < -0.3 is 4.90 Å². The minimum atomic E-state index is 0.409. The fraction of sp³-hybridized carbons (Fsp3) is 0.214. The number of pyridine rings is 1. The molecule has 2 nitrogen and oxygen atoms in total. The van der Waals surface area contributed by atoms with Crippen molar-refractivity contribution in [1.29, 1.82) is 0 Å². The van der Waals surface area contributed by atoms with E-state index in [9.17, 15) is 0 Å². The van der Waals surface area contributed by atoms with Gasteiger partial charge in [0.2, 0.25) is 0 Å². The Labute approximate surface area is 96.6 Å². The molecule has 82 valence electrons. The molecule has 0 saturated heterocycles. The molecule has 1 heterocycles. The second-order valence-corrected chi connectivity index (χ2v) is 4.01. The lowest BCUT2D eigenvalue weighted by atomic mass is 10.2. The molecule has 0 aliphatic carbocycles. The van der Waals surface area contributed by atoms with E-state index < -0.39 is 0 Å². The van der Waals surface area contributed by atoms with Crippen molar-refractivity contribution in [2.24, 2.45) is 0 Å². The van der Waals surface area contributed by atoms with E-state index in [1.165, 1.54) is 5.69 Å². The second kappa shape index (κ2) is 4.79. The van der Waals surface area contributed by atoms with Gasteiger partial charge in [-0.3, -0.25) is 4.98 Å². The van der Waals surface area contributed by atoms with Crippen LogP contribution in [-0.4, -0.2) is 11.0 Å². The molecule has 16 heavy (non-hydrogen) atoms. The van der Waals surface area contributed by atoms with Crippen molar-refractivity contribution in [3.63, 3.8) is 0 Å². The molecule has 0 atom stereocenters. The highest BCUT2D eigenvalue weighted by molar-refractivity contribution is 5.62. The Morgan fingerprint density at radius 2 is 1.62 bits per heavy atom. The van der Waals surface area contributed by atoms with Crippen LogP contribution in [0.15, 0.2) is 54.9 Å². The van der Waals surface area contributed by atoms with E-state index in [2.05, 4.69) is 54.1 Å². The molecular formula is C14H16N2. The fourth-order valence-electron chi connectivity index (χ4n) is 1.83. The maximum atomic E-state index is 4.17. The zero-order chi connectivity index (χ0) is 11.4. The number of rotatable bonds is 3. The predicted octanol–water partition coefficient (Wildman–Crippen LogP) is 3.63. The van der Waals surface area contributed by atoms with Crippen LogP contribution in [0.25, 0.3) is 0 Å². The largest absolute Gasteiger partial charge is 0.338 e. The summed E-state index contributed by atoms with van der Waals surface area (Å²) in [6.07, 6.45) is 3.69. The Morgan fingerprint density at radius 3 is 2.19 bits per heavy atom. The summed E-state index contributed by atoms with van der Waals surface area (Å²) in [5.74, 6) is 0. The Kier molecular flexibility index (Phi) is 3.20. The lowest BCUT2D eigenvalue weighted by Crippen LogP contribution is -2.25. The average Bonchev–Trinajstić information content (AvgIpc) is 2.31. The molecule has 2 aromatic rings. The summed E-state index contributed by atoms with van der Waals surface area (Å²) in [4.78, 5) is 6.44. The van der Waals surface area contributed by atoms with Gasteiger partial charge in [0.25, 0.3) is 0 Å². The maximum absolute atomic E-state index is 4.17. The SMILES string of the molecule is CC(C)N(c1ccccc1)c1cccnc1. The summed E-state index contributed by atoms with van der Waals surface area (Å²) in [7, 11) is 0. The van der Waals surface area contributed by atoms with E-state index in [1.807, 2.05) is 18.3 Å². The maximum Gasteiger partial charge on any atom is 0.0599 e. The smallest absolute Gasteiger partial charge is 0.0599 e. The first kappa shape index (κ1) is 10.7. The van der Waals surface area contributed by atoms with E-state index in [-0.39, 0.29) is 0 Å². The van der Waals surface area contributed by atoms with E-state index in [4.69, 9.17) is 0 Å². The van der Waals surface area contributed by atoms with Crippen molar-refractivity contribution in [3.05, 3.63) is 54.9 Å². The second-order valence-electron chi connectivity index (χ2n) is 4.01. The Hall–Kier alpha value is -1.83. The molecule has 1 aromatic carbocycles. The van der Waals surface area contributed by atoms with Crippen molar-refractivity contribution in [2.45, 2.75) is 19.9 Å². The summed E-state index contributed by atoms with van der Waals surface area (Å²) < 4.78 is 0. The average molecular weight is 212 g/mol. The molecule has 0 unspecified atom stereocenters. The summed E-state index contributed by atoms with van der Waals surface area (Å²) >= 11 is 0. The molecule has 0 N–H and O–H groups in total. The molecule has 0 aliphatic rings. The third kappa shape index (κ3) is 2.22. The van der Waals surface area contributed by atoms with Gasteiger partial charge in [-0.2, -0.15) is 0 Å². The van der Waals surface area contributed by atoms with E-state index in [0.29, 0.717) is 6.04 Å². The van der Waals surface area contributed by atoms with Crippen LogP contribution < -0.4 is 4.90 Å². The van der Waals surface area contributed by atoms with Crippen molar-refractivity contribution >= 4 is 11.4 Å². The van der Waals surface area contributed by atoms with E-state index in [1.54, 1.807) is 6.20 Å². The molecule has 0 bridgehead atoms. The lowest BCUT2D eigenvalue weighted by molar-refractivity contribution is 0.787. The van der Waals surface area contributed by atoms with Crippen LogP contribution in [-0.2, 0) is 0 Å². The van der Waals surface area contributed by atoms with Gasteiger partial charge in [-0.25, -0.2) is 0 Å². The first-order valence-corrected chi connectivity index (χ1v) is 5.53. The minimum absolute atomic E-state index is 0.409. The first-order valence-electron chi connectivity index (χ1n) is 5.53. The molecule has 2 heteroatoms. The van der Waals surface area contributed by atoms with Crippen LogP contribution in [0.2, 0.25) is 0 Å². The quantitative estimate of drug-likeness (QED) is 0.772. The Morgan fingerprint density at radius 1 is 0.938 bits per heavy atom.